The van der Waals surface area contributed by atoms with E-state index in [9.17, 15) is 0 Å². The van der Waals surface area contributed by atoms with E-state index in [4.69, 9.17) is 9.84 Å². The largest absolute Gasteiger partial charge is 0.394 e. The van der Waals surface area contributed by atoms with Crippen molar-refractivity contribution in [2.45, 2.75) is 23.5 Å². The summed E-state index contributed by atoms with van der Waals surface area (Å²) in [5, 5.41) is 8.91. The third-order valence-electron chi connectivity index (χ3n) is 1.89. The van der Waals surface area contributed by atoms with Crippen molar-refractivity contribution in [3.8, 4) is 0 Å². The van der Waals surface area contributed by atoms with Gasteiger partial charge in [-0.25, -0.2) is 0 Å². The van der Waals surface area contributed by atoms with Gasteiger partial charge in [0.05, 0.1) is 17.3 Å². The van der Waals surface area contributed by atoms with Gasteiger partial charge >= 0.3 is 0 Å². The predicted molar refractivity (Wildman–Crippen MR) is 55.8 cm³/mol. The maximum atomic E-state index is 8.91. The van der Waals surface area contributed by atoms with Gasteiger partial charge in [-0.3, -0.25) is 0 Å². The highest BCUT2D eigenvalue weighted by Crippen LogP contribution is 2.33. The van der Waals surface area contributed by atoms with E-state index in [1.54, 1.807) is 7.11 Å². The zero-order valence-electron chi connectivity index (χ0n) is 7.36. The molecule has 0 amide bonds. The van der Waals surface area contributed by atoms with Gasteiger partial charge in [0, 0.05) is 7.11 Å². The molecule has 1 heterocycles. The topological polar surface area (TPSA) is 29.5 Å². The molecular weight excluding hydrogens is 192 g/mol. The molecule has 0 saturated carbocycles. The average Bonchev–Trinajstić information content (AvgIpc) is 2.16. The van der Waals surface area contributed by atoms with Crippen molar-refractivity contribution in [2.75, 3.05) is 25.2 Å². The van der Waals surface area contributed by atoms with Gasteiger partial charge in [-0.1, -0.05) is 0 Å². The van der Waals surface area contributed by atoms with Crippen molar-refractivity contribution >= 4 is 23.5 Å². The highest BCUT2D eigenvalue weighted by atomic mass is 32.2. The van der Waals surface area contributed by atoms with Gasteiger partial charge in [-0.15, -0.1) is 23.5 Å². The van der Waals surface area contributed by atoms with E-state index in [1.165, 1.54) is 17.9 Å². The van der Waals surface area contributed by atoms with Crippen LogP contribution in [0.3, 0.4) is 0 Å². The zero-order chi connectivity index (χ0) is 8.81. The van der Waals surface area contributed by atoms with Crippen LogP contribution in [0.4, 0.5) is 0 Å². The molecule has 1 atom stereocenters. The Kier molecular flexibility index (Phi) is 5.47. The maximum Gasteiger partial charge on any atom is 0.0820 e. The van der Waals surface area contributed by atoms with Gasteiger partial charge in [0.25, 0.3) is 0 Å². The second kappa shape index (κ2) is 6.13. The molecular formula is C8H16O2S2. The molecule has 0 spiro atoms. The molecule has 0 aromatic rings. The van der Waals surface area contributed by atoms with Crippen LogP contribution in [0.25, 0.3) is 0 Å². The van der Waals surface area contributed by atoms with Crippen molar-refractivity contribution in [3.63, 3.8) is 0 Å². The Morgan fingerprint density at radius 1 is 1.50 bits per heavy atom. The van der Waals surface area contributed by atoms with Gasteiger partial charge in [-0.2, -0.15) is 0 Å². The van der Waals surface area contributed by atoms with Gasteiger partial charge in [0.2, 0.25) is 0 Å². The van der Waals surface area contributed by atoms with E-state index >= 15 is 0 Å². The molecule has 1 fully saturated rings. The van der Waals surface area contributed by atoms with E-state index in [2.05, 4.69) is 0 Å². The minimum atomic E-state index is 0.0353. The highest BCUT2D eigenvalue weighted by molar-refractivity contribution is 8.17. The first kappa shape index (κ1) is 10.7. The molecule has 0 aromatic heterocycles. The average molecular weight is 208 g/mol. The Morgan fingerprint density at radius 3 is 2.67 bits per heavy atom. The van der Waals surface area contributed by atoms with Crippen LogP contribution in [0, 0.1) is 0 Å². The summed E-state index contributed by atoms with van der Waals surface area (Å²) in [5.41, 5.74) is 0. The Balaban J connectivity index is 2.18. The van der Waals surface area contributed by atoms with Crippen molar-refractivity contribution in [3.05, 3.63) is 0 Å². The van der Waals surface area contributed by atoms with Crippen LogP contribution in [-0.4, -0.2) is 41.0 Å². The number of rotatable bonds is 4. The van der Waals surface area contributed by atoms with Gasteiger partial charge in [-0.05, 0) is 24.3 Å². The summed E-state index contributed by atoms with van der Waals surface area (Å²) in [7, 11) is 1.67. The first-order chi connectivity index (χ1) is 5.86. The van der Waals surface area contributed by atoms with Crippen molar-refractivity contribution < 1.29 is 9.84 Å². The fourth-order valence-corrected chi connectivity index (χ4v) is 4.13. The Labute approximate surface area is 82.4 Å². The first-order valence-electron chi connectivity index (χ1n) is 4.23. The highest BCUT2D eigenvalue weighted by Gasteiger charge is 2.18. The molecule has 2 nitrogen and oxygen atoms in total. The number of methoxy groups -OCH3 is 1. The summed E-state index contributed by atoms with van der Waals surface area (Å²) >= 11 is 3.99. The fourth-order valence-electron chi connectivity index (χ4n) is 1.13. The Hall–Kier alpha value is 0.620. The molecule has 0 unspecified atom stereocenters. The lowest BCUT2D eigenvalue weighted by molar-refractivity contribution is 0.0462. The standard InChI is InChI=1S/C8H16O2S2/c1-10-7(6-9)5-8-11-3-2-4-12-8/h7-9H,2-6H2,1H3/t7-/m0/s1. The monoisotopic (exact) mass is 208 g/mol. The number of aliphatic hydroxyl groups excluding tert-OH is 1. The number of thioether (sulfide) groups is 2. The summed E-state index contributed by atoms with van der Waals surface area (Å²) in [6, 6.07) is 0. The molecule has 1 aliphatic heterocycles. The lowest BCUT2D eigenvalue weighted by atomic mass is 10.3. The second-order valence-corrected chi connectivity index (χ2v) is 5.72. The summed E-state index contributed by atoms with van der Waals surface area (Å²) in [6.45, 7) is 0.147. The van der Waals surface area contributed by atoms with Gasteiger partial charge < -0.3 is 9.84 Å². The van der Waals surface area contributed by atoms with E-state index in [1.807, 2.05) is 23.5 Å². The molecule has 1 rings (SSSR count). The predicted octanol–water partition coefficient (Wildman–Crippen LogP) is 1.58. The lowest BCUT2D eigenvalue weighted by Crippen LogP contribution is -2.21. The number of hydrogen-bond acceptors (Lipinski definition) is 4. The van der Waals surface area contributed by atoms with Crippen LogP contribution in [0.15, 0.2) is 0 Å². The van der Waals surface area contributed by atoms with Crippen LogP contribution in [0.1, 0.15) is 12.8 Å². The molecule has 0 aliphatic carbocycles. The second-order valence-electron chi connectivity index (χ2n) is 2.80. The first-order valence-corrected chi connectivity index (χ1v) is 6.33. The van der Waals surface area contributed by atoms with E-state index in [-0.39, 0.29) is 12.7 Å². The minimum Gasteiger partial charge on any atom is -0.394 e. The summed E-state index contributed by atoms with van der Waals surface area (Å²) < 4.78 is 5.76. The third-order valence-corrected chi connectivity index (χ3v) is 4.88. The van der Waals surface area contributed by atoms with Crippen LogP contribution >= 0.6 is 23.5 Å². The van der Waals surface area contributed by atoms with Gasteiger partial charge in [0.1, 0.15) is 0 Å². The van der Waals surface area contributed by atoms with E-state index in [0.717, 1.165) is 6.42 Å². The minimum absolute atomic E-state index is 0.0353. The summed E-state index contributed by atoms with van der Waals surface area (Å²) in [5.74, 6) is 2.53. The smallest absolute Gasteiger partial charge is 0.0820 e. The van der Waals surface area contributed by atoms with Crippen molar-refractivity contribution in [1.29, 1.82) is 0 Å². The van der Waals surface area contributed by atoms with Gasteiger partial charge in [0.15, 0.2) is 0 Å². The van der Waals surface area contributed by atoms with Crippen LogP contribution in [0.2, 0.25) is 0 Å². The maximum absolute atomic E-state index is 8.91. The molecule has 1 saturated heterocycles. The molecule has 0 bridgehead atoms. The molecule has 12 heavy (non-hydrogen) atoms. The number of ether oxygens (including phenoxy) is 1. The Bertz CT molecular complexity index is 112. The summed E-state index contributed by atoms with van der Waals surface area (Å²) in [6.07, 6.45) is 2.33. The normalized spacial score (nSPS) is 22.5. The lowest BCUT2D eigenvalue weighted by Gasteiger charge is -2.23. The number of hydrogen-bond donors (Lipinski definition) is 1. The molecule has 72 valence electrons. The molecule has 0 aromatic carbocycles. The number of aliphatic hydroxyl groups is 1. The third kappa shape index (κ3) is 3.56. The van der Waals surface area contributed by atoms with Crippen molar-refractivity contribution in [1.82, 2.24) is 0 Å². The van der Waals surface area contributed by atoms with Crippen molar-refractivity contribution in [2.24, 2.45) is 0 Å². The Morgan fingerprint density at radius 2 is 2.17 bits per heavy atom. The van der Waals surface area contributed by atoms with Crippen LogP contribution < -0.4 is 0 Å². The van der Waals surface area contributed by atoms with Crippen LogP contribution in [0.5, 0.6) is 0 Å². The molecule has 1 N–H and O–H groups in total. The molecule has 1 aliphatic rings. The fraction of sp³-hybridized carbons (Fsp3) is 1.00. The summed E-state index contributed by atoms with van der Waals surface area (Å²) in [4.78, 5) is 0. The quantitative estimate of drug-likeness (QED) is 0.759. The van der Waals surface area contributed by atoms with Crippen LogP contribution in [-0.2, 0) is 4.74 Å². The zero-order valence-corrected chi connectivity index (χ0v) is 9.00. The molecule has 4 heteroatoms. The SMILES string of the molecule is CO[C@H](CO)CC1SCCCS1. The van der Waals surface area contributed by atoms with E-state index in [0.29, 0.717) is 4.58 Å². The van der Waals surface area contributed by atoms with E-state index < -0.39 is 0 Å². The molecule has 0 radical (unpaired) electrons.